The molecule has 1 aliphatic heterocycles. The molecule has 0 unspecified atom stereocenters. The summed E-state index contributed by atoms with van der Waals surface area (Å²) in [6.45, 7) is 5.54. The zero-order valence-corrected chi connectivity index (χ0v) is 26.0. The van der Waals surface area contributed by atoms with Crippen LogP contribution in [0, 0.1) is 6.92 Å². The van der Waals surface area contributed by atoms with Gasteiger partial charge in [-0.3, -0.25) is 9.69 Å². The zero-order valence-electron chi connectivity index (χ0n) is 26.0. The van der Waals surface area contributed by atoms with Crippen molar-refractivity contribution in [2.45, 2.75) is 26.2 Å². The molecule has 1 N–H and O–H groups in total. The van der Waals surface area contributed by atoms with Gasteiger partial charge in [0, 0.05) is 45.0 Å². The number of nitrogens with zero attached hydrogens (tertiary/aromatic N) is 7. The summed E-state index contributed by atoms with van der Waals surface area (Å²) in [7, 11) is 3.78. The second-order valence-corrected chi connectivity index (χ2v) is 11.4. The SMILES string of the molecule is Cc1cc(Nc2ncnc3ccc(/C=C/CN(C)C(=O)/C=C/CN4CCCCC4)nc23)ccc1Oc1ccc2c(c1)ncn2C. The molecule has 3 aromatic heterocycles. The summed E-state index contributed by atoms with van der Waals surface area (Å²) >= 11 is 0. The molecule has 0 aliphatic carbocycles. The maximum absolute atomic E-state index is 12.5. The molecule has 0 saturated carbocycles. The highest BCUT2D eigenvalue weighted by molar-refractivity contribution is 5.88. The molecule has 0 radical (unpaired) electrons. The number of aromatic nitrogens is 5. The number of anilines is 2. The van der Waals surface area contributed by atoms with Crippen molar-refractivity contribution in [3.05, 3.63) is 90.7 Å². The normalized spacial score (nSPS) is 14.1. The van der Waals surface area contributed by atoms with Gasteiger partial charge in [-0.05, 0) is 87.0 Å². The minimum absolute atomic E-state index is 0.0102. The molecule has 0 spiro atoms. The topological polar surface area (TPSA) is 101 Å². The molecule has 5 aromatic rings. The van der Waals surface area contributed by atoms with Gasteiger partial charge in [-0.25, -0.2) is 19.9 Å². The van der Waals surface area contributed by atoms with Crippen molar-refractivity contribution in [2.75, 3.05) is 38.5 Å². The molecule has 0 atom stereocenters. The molecule has 45 heavy (non-hydrogen) atoms. The highest BCUT2D eigenvalue weighted by Crippen LogP contribution is 2.31. The van der Waals surface area contributed by atoms with Crippen molar-refractivity contribution in [1.29, 1.82) is 0 Å². The number of ether oxygens (including phenoxy) is 1. The van der Waals surface area contributed by atoms with Crippen molar-refractivity contribution in [3.63, 3.8) is 0 Å². The number of nitrogens with one attached hydrogen (secondary N) is 1. The Morgan fingerprint density at radius 1 is 1.00 bits per heavy atom. The number of benzene rings is 2. The number of carbonyl (C=O) groups is 1. The largest absolute Gasteiger partial charge is 0.457 e. The van der Waals surface area contributed by atoms with E-state index in [4.69, 9.17) is 9.72 Å². The van der Waals surface area contributed by atoms with E-state index in [9.17, 15) is 4.79 Å². The molecule has 1 fully saturated rings. The number of imidazole rings is 1. The predicted molar refractivity (Wildman–Crippen MR) is 179 cm³/mol. The van der Waals surface area contributed by atoms with Crippen molar-refractivity contribution in [3.8, 4) is 11.5 Å². The number of hydrogen-bond acceptors (Lipinski definition) is 8. The van der Waals surface area contributed by atoms with Crippen LogP contribution in [0.5, 0.6) is 11.5 Å². The summed E-state index contributed by atoms with van der Waals surface area (Å²) in [5.74, 6) is 2.09. The van der Waals surface area contributed by atoms with Crippen molar-refractivity contribution >= 4 is 45.6 Å². The van der Waals surface area contributed by atoms with Gasteiger partial charge in [0.15, 0.2) is 5.82 Å². The number of likely N-dealkylation sites (tertiary alicyclic amines) is 1. The number of pyridine rings is 1. The van der Waals surface area contributed by atoms with E-state index in [0.717, 1.165) is 64.6 Å². The first kappa shape index (κ1) is 30.0. The lowest BCUT2D eigenvalue weighted by Gasteiger charge is -2.24. The standard InChI is InChI=1S/C35H38N8O2/c1-25-21-27(12-16-32(25)45-28-13-15-31-30(22-28)38-24-42(31)3)40-35-34-29(36-23-37-35)14-11-26(39-34)9-7-17-41(2)33(44)10-8-20-43-18-5-4-6-19-43/h7-16,21-24H,4-6,17-20H2,1-3H3,(H,36,37,40)/b9-7+,10-8+. The Bertz CT molecular complexity index is 1870. The number of fused-ring (bicyclic) bond motifs is 2. The van der Waals surface area contributed by atoms with Gasteiger partial charge in [0.05, 0.1) is 28.6 Å². The quantitative estimate of drug-likeness (QED) is 0.187. The number of likely N-dealkylation sites (N-methyl/N-ethyl adjacent to an activating group) is 1. The molecular formula is C35H38N8O2. The lowest BCUT2D eigenvalue weighted by Crippen LogP contribution is -2.30. The van der Waals surface area contributed by atoms with E-state index in [1.54, 1.807) is 24.4 Å². The molecule has 6 rings (SSSR count). The predicted octanol–water partition coefficient (Wildman–Crippen LogP) is 6.27. The molecule has 4 heterocycles. The maximum Gasteiger partial charge on any atom is 0.246 e. The second-order valence-electron chi connectivity index (χ2n) is 11.4. The van der Waals surface area contributed by atoms with E-state index < -0.39 is 0 Å². The van der Waals surface area contributed by atoms with Crippen LogP contribution in [-0.2, 0) is 11.8 Å². The molecule has 2 aromatic carbocycles. The fraction of sp³-hybridized carbons (Fsp3) is 0.286. The Morgan fingerprint density at radius 3 is 2.71 bits per heavy atom. The van der Waals surface area contributed by atoms with E-state index in [1.807, 2.05) is 85.3 Å². The van der Waals surface area contributed by atoms with Crippen molar-refractivity contribution in [2.24, 2.45) is 7.05 Å². The molecule has 1 aliphatic rings. The van der Waals surface area contributed by atoms with Crippen LogP contribution in [0.15, 0.2) is 79.4 Å². The third-order valence-corrected chi connectivity index (χ3v) is 7.98. The van der Waals surface area contributed by atoms with Gasteiger partial charge >= 0.3 is 0 Å². The molecule has 0 bridgehead atoms. The first-order valence-corrected chi connectivity index (χ1v) is 15.3. The minimum atomic E-state index is -0.0102. The summed E-state index contributed by atoms with van der Waals surface area (Å²) < 4.78 is 8.16. The van der Waals surface area contributed by atoms with E-state index in [0.29, 0.717) is 17.9 Å². The molecule has 10 nitrogen and oxygen atoms in total. The van der Waals surface area contributed by atoms with Gasteiger partial charge in [-0.1, -0.05) is 18.6 Å². The first-order chi connectivity index (χ1) is 21.9. The number of hydrogen-bond donors (Lipinski definition) is 1. The third kappa shape index (κ3) is 7.35. The second kappa shape index (κ2) is 13.7. The summed E-state index contributed by atoms with van der Waals surface area (Å²) in [6, 6.07) is 15.6. The Morgan fingerprint density at radius 2 is 1.87 bits per heavy atom. The Labute approximate surface area is 263 Å². The summed E-state index contributed by atoms with van der Waals surface area (Å²) in [5, 5.41) is 3.40. The van der Waals surface area contributed by atoms with Crippen LogP contribution in [0.3, 0.4) is 0 Å². The number of aryl methyl sites for hydroxylation is 2. The fourth-order valence-electron chi connectivity index (χ4n) is 5.42. The van der Waals surface area contributed by atoms with Crippen LogP contribution >= 0.6 is 0 Å². The van der Waals surface area contributed by atoms with E-state index in [2.05, 4.69) is 25.2 Å². The van der Waals surface area contributed by atoms with Gasteiger partial charge in [0.25, 0.3) is 0 Å². The van der Waals surface area contributed by atoms with E-state index in [1.165, 1.54) is 25.6 Å². The van der Waals surface area contributed by atoms with Gasteiger partial charge in [-0.15, -0.1) is 0 Å². The summed E-state index contributed by atoms with van der Waals surface area (Å²) in [4.78, 5) is 34.7. The van der Waals surface area contributed by atoms with Crippen LogP contribution in [0.1, 0.15) is 30.5 Å². The van der Waals surface area contributed by atoms with Crippen molar-refractivity contribution < 1.29 is 9.53 Å². The number of rotatable bonds is 10. The Hall–Kier alpha value is -5.09. The fourth-order valence-corrected chi connectivity index (χ4v) is 5.42. The van der Waals surface area contributed by atoms with Crippen LogP contribution in [0.25, 0.3) is 28.1 Å². The molecule has 10 heteroatoms. The smallest absolute Gasteiger partial charge is 0.246 e. The Kier molecular flexibility index (Phi) is 9.11. The maximum atomic E-state index is 12.5. The van der Waals surface area contributed by atoms with Crippen molar-refractivity contribution in [1.82, 2.24) is 34.3 Å². The first-order valence-electron chi connectivity index (χ1n) is 15.3. The number of amides is 1. The van der Waals surface area contributed by atoms with Crippen LogP contribution in [0.2, 0.25) is 0 Å². The average Bonchev–Trinajstić information content (AvgIpc) is 3.42. The third-order valence-electron chi connectivity index (χ3n) is 7.98. The molecular weight excluding hydrogens is 564 g/mol. The minimum Gasteiger partial charge on any atom is -0.457 e. The Balaban J connectivity index is 1.09. The lowest BCUT2D eigenvalue weighted by molar-refractivity contribution is -0.124. The molecule has 1 amide bonds. The highest BCUT2D eigenvalue weighted by Gasteiger charge is 2.11. The highest BCUT2D eigenvalue weighted by atomic mass is 16.5. The van der Waals surface area contributed by atoms with Gasteiger partial charge in [0.2, 0.25) is 5.91 Å². The number of piperidine rings is 1. The monoisotopic (exact) mass is 602 g/mol. The summed E-state index contributed by atoms with van der Waals surface area (Å²) in [6.07, 6.45) is 14.6. The zero-order chi connectivity index (χ0) is 31.2. The lowest BCUT2D eigenvalue weighted by atomic mass is 10.1. The van der Waals surface area contributed by atoms with Crippen LogP contribution in [-0.4, -0.2) is 73.4 Å². The van der Waals surface area contributed by atoms with Crippen LogP contribution in [0.4, 0.5) is 11.5 Å². The van der Waals surface area contributed by atoms with E-state index >= 15 is 0 Å². The molecule has 1 saturated heterocycles. The van der Waals surface area contributed by atoms with Gasteiger partial charge in [-0.2, -0.15) is 0 Å². The summed E-state index contributed by atoms with van der Waals surface area (Å²) in [5.41, 5.74) is 5.92. The molecule has 230 valence electrons. The average molecular weight is 603 g/mol. The van der Waals surface area contributed by atoms with Crippen LogP contribution < -0.4 is 10.1 Å². The van der Waals surface area contributed by atoms with Gasteiger partial charge < -0.3 is 19.5 Å². The van der Waals surface area contributed by atoms with Gasteiger partial charge in [0.1, 0.15) is 23.3 Å². The van der Waals surface area contributed by atoms with E-state index in [-0.39, 0.29) is 5.91 Å². The number of carbonyl (C=O) groups excluding carboxylic acids is 1.